The molecule has 0 atom stereocenters. The van der Waals surface area contributed by atoms with E-state index in [1.807, 2.05) is 0 Å². The Labute approximate surface area is 378 Å². The average molecular weight is 822 g/mol. The number of anilines is 3. The van der Waals surface area contributed by atoms with E-state index in [0.29, 0.717) is 0 Å². The quantitative estimate of drug-likeness (QED) is 0.140. The molecule has 0 spiro atoms. The Morgan fingerprint density at radius 3 is 1.44 bits per heavy atom. The summed E-state index contributed by atoms with van der Waals surface area (Å²) in [6, 6.07) is 71.8. The zero-order valence-corrected chi connectivity index (χ0v) is 36.6. The molecule has 0 bridgehead atoms. The summed E-state index contributed by atoms with van der Waals surface area (Å²) in [5, 5.41) is 0. The van der Waals surface area contributed by atoms with Crippen LogP contribution in [0.15, 0.2) is 230 Å². The molecule has 3 aliphatic rings. The van der Waals surface area contributed by atoms with Crippen LogP contribution in [0.5, 0.6) is 0 Å². The van der Waals surface area contributed by atoms with Crippen LogP contribution in [0.25, 0.3) is 66.8 Å². The van der Waals surface area contributed by atoms with Gasteiger partial charge in [-0.3, -0.25) is 0 Å². The van der Waals surface area contributed by atoms with Crippen molar-refractivity contribution in [3.05, 3.63) is 247 Å². The molecule has 1 nitrogen and oxygen atoms in total. The molecule has 11 rings (SSSR count). The highest BCUT2D eigenvalue weighted by molar-refractivity contribution is 5.92. The van der Waals surface area contributed by atoms with Gasteiger partial charge in [0, 0.05) is 22.5 Å². The van der Waals surface area contributed by atoms with Crippen molar-refractivity contribution >= 4 is 28.2 Å². The zero-order chi connectivity index (χ0) is 43.0. The maximum Gasteiger partial charge on any atom is 0.0468 e. The lowest BCUT2D eigenvalue weighted by Crippen LogP contribution is -2.16. The number of nitrogens with zero attached hydrogens (tertiary/aromatic N) is 1. The molecule has 0 saturated carbocycles. The number of benzene rings is 8. The van der Waals surface area contributed by atoms with Gasteiger partial charge < -0.3 is 4.90 Å². The van der Waals surface area contributed by atoms with Gasteiger partial charge in [0.15, 0.2) is 0 Å². The molecule has 0 fully saturated rings. The number of allylic oxidation sites excluding steroid dienone is 8. The van der Waals surface area contributed by atoms with Crippen LogP contribution < -0.4 is 4.90 Å². The van der Waals surface area contributed by atoms with Crippen molar-refractivity contribution in [1.29, 1.82) is 0 Å². The molecule has 64 heavy (non-hydrogen) atoms. The van der Waals surface area contributed by atoms with Gasteiger partial charge in [0.05, 0.1) is 0 Å². The molecule has 0 saturated heterocycles. The molecule has 0 heterocycles. The molecule has 8 aromatic carbocycles. The van der Waals surface area contributed by atoms with E-state index in [4.69, 9.17) is 0 Å². The van der Waals surface area contributed by atoms with E-state index in [2.05, 4.69) is 243 Å². The molecular weight excluding hydrogens is 771 g/mol. The Morgan fingerprint density at radius 1 is 0.375 bits per heavy atom. The van der Waals surface area contributed by atoms with Gasteiger partial charge in [-0.2, -0.15) is 0 Å². The Morgan fingerprint density at radius 2 is 0.859 bits per heavy atom. The highest BCUT2D eigenvalue weighted by Gasteiger charge is 2.37. The first-order valence-corrected chi connectivity index (χ1v) is 22.9. The molecule has 0 N–H and O–H groups in total. The van der Waals surface area contributed by atoms with Crippen molar-refractivity contribution in [3.63, 3.8) is 0 Å². The highest BCUT2D eigenvalue weighted by atomic mass is 15.1. The summed E-state index contributed by atoms with van der Waals surface area (Å²) in [7, 11) is 0. The molecule has 0 aliphatic heterocycles. The van der Waals surface area contributed by atoms with Gasteiger partial charge in [0.2, 0.25) is 0 Å². The van der Waals surface area contributed by atoms with Crippen LogP contribution in [-0.2, 0) is 5.41 Å². The Kier molecular flexibility index (Phi) is 10.3. The fourth-order valence-corrected chi connectivity index (χ4v) is 10.2. The Balaban J connectivity index is 0.987. The normalized spacial score (nSPS) is 14.8. The average Bonchev–Trinajstić information content (AvgIpc) is 3.60. The van der Waals surface area contributed by atoms with Crippen molar-refractivity contribution in [2.45, 2.75) is 44.9 Å². The summed E-state index contributed by atoms with van der Waals surface area (Å²) in [6.07, 6.45) is 16.1. The molecule has 1 heteroatoms. The van der Waals surface area contributed by atoms with Gasteiger partial charge in [-0.25, -0.2) is 0 Å². The molecule has 0 radical (unpaired) electrons. The first-order chi connectivity index (χ1) is 31.5. The molecule has 0 unspecified atom stereocenters. The summed E-state index contributed by atoms with van der Waals surface area (Å²) in [5.41, 5.74) is 23.9. The fraction of sp³-hybridized carbons (Fsp3) is 0.111. The van der Waals surface area contributed by atoms with E-state index < -0.39 is 0 Å². The first-order valence-electron chi connectivity index (χ1n) is 22.9. The van der Waals surface area contributed by atoms with E-state index in [-0.39, 0.29) is 5.41 Å². The summed E-state index contributed by atoms with van der Waals surface area (Å²) in [4.78, 5) is 2.41. The van der Waals surface area contributed by atoms with Gasteiger partial charge >= 0.3 is 0 Å². The van der Waals surface area contributed by atoms with Crippen LogP contribution in [0, 0.1) is 0 Å². The monoisotopic (exact) mass is 821 g/mol. The van der Waals surface area contributed by atoms with Crippen LogP contribution in [0.3, 0.4) is 0 Å². The SMILES string of the molecule is CC1(C)C2=C(CCC=C2)c2ccc(-c3ccc(N(c4ccc(-c5ccc(C6=CCCC=C6)cc5)cc4)c4ccc(-c5ccc(-c6ccccc6)cc5)cc4)cc3-c3ccccc3)cc21. The molecular formula is C63H51N. The second-order valence-electron chi connectivity index (χ2n) is 17.9. The lowest BCUT2D eigenvalue weighted by molar-refractivity contribution is 0.651. The largest absolute Gasteiger partial charge is 0.310 e. The number of fused-ring (bicyclic) bond motifs is 2. The van der Waals surface area contributed by atoms with Crippen LogP contribution in [0.4, 0.5) is 17.1 Å². The summed E-state index contributed by atoms with van der Waals surface area (Å²) < 4.78 is 0. The van der Waals surface area contributed by atoms with Crippen molar-refractivity contribution in [2.75, 3.05) is 4.90 Å². The van der Waals surface area contributed by atoms with Crippen LogP contribution in [0.1, 0.15) is 56.2 Å². The molecule has 3 aliphatic carbocycles. The third kappa shape index (κ3) is 7.37. The molecule has 308 valence electrons. The van der Waals surface area contributed by atoms with Gasteiger partial charge in [0.25, 0.3) is 0 Å². The van der Waals surface area contributed by atoms with Crippen LogP contribution >= 0.6 is 0 Å². The summed E-state index contributed by atoms with van der Waals surface area (Å²) in [6.45, 7) is 4.79. The second-order valence-corrected chi connectivity index (χ2v) is 17.9. The second kappa shape index (κ2) is 16.7. The van der Waals surface area contributed by atoms with Gasteiger partial charge in [-0.15, -0.1) is 0 Å². The fourth-order valence-electron chi connectivity index (χ4n) is 10.2. The maximum atomic E-state index is 2.47. The summed E-state index contributed by atoms with van der Waals surface area (Å²) >= 11 is 0. The minimum absolute atomic E-state index is 0.0319. The van der Waals surface area contributed by atoms with Crippen LogP contribution in [0.2, 0.25) is 0 Å². The minimum atomic E-state index is -0.0319. The Bertz CT molecular complexity index is 3110. The van der Waals surface area contributed by atoms with Crippen molar-refractivity contribution in [2.24, 2.45) is 0 Å². The van der Waals surface area contributed by atoms with E-state index in [1.165, 1.54) is 89.0 Å². The third-order valence-corrected chi connectivity index (χ3v) is 13.6. The van der Waals surface area contributed by atoms with Crippen molar-refractivity contribution in [1.82, 2.24) is 0 Å². The van der Waals surface area contributed by atoms with Crippen LogP contribution in [-0.4, -0.2) is 0 Å². The number of hydrogen-bond acceptors (Lipinski definition) is 1. The number of hydrogen-bond donors (Lipinski definition) is 0. The van der Waals surface area contributed by atoms with Crippen molar-refractivity contribution in [3.8, 4) is 55.6 Å². The van der Waals surface area contributed by atoms with Crippen molar-refractivity contribution < 1.29 is 0 Å². The summed E-state index contributed by atoms with van der Waals surface area (Å²) in [5.74, 6) is 0. The van der Waals surface area contributed by atoms with E-state index in [0.717, 1.165) is 42.7 Å². The topological polar surface area (TPSA) is 3.24 Å². The van der Waals surface area contributed by atoms with E-state index >= 15 is 0 Å². The predicted octanol–water partition coefficient (Wildman–Crippen LogP) is 17.6. The third-order valence-electron chi connectivity index (χ3n) is 13.6. The smallest absolute Gasteiger partial charge is 0.0468 e. The zero-order valence-electron chi connectivity index (χ0n) is 36.6. The van der Waals surface area contributed by atoms with E-state index in [1.54, 1.807) is 0 Å². The maximum absolute atomic E-state index is 2.47. The number of rotatable bonds is 9. The van der Waals surface area contributed by atoms with Gasteiger partial charge in [-0.05, 0) is 157 Å². The highest BCUT2D eigenvalue weighted by Crippen LogP contribution is 2.51. The Hall–Kier alpha value is -7.48. The molecule has 8 aromatic rings. The first kappa shape index (κ1) is 39.4. The molecule has 0 amide bonds. The lowest BCUT2D eigenvalue weighted by atomic mass is 9.79. The standard InChI is InChI=1S/C63H51N/c1-63(2)61-21-13-12-20-58(61)59-40-34-53(42-62(59)63)57-41-39-56(43-60(57)52-18-10-5-11-19-52)64(54-35-30-50(31-36-54)48-26-22-46(23-27-48)44-14-6-3-7-15-44)55-37-32-51(33-38-55)49-28-24-47(25-29-49)45-16-8-4-9-17-45/h3,5-8,10-11,13-19,21-43H,4,9,12,20H2,1-2H3. The lowest BCUT2D eigenvalue weighted by Gasteiger charge is -2.27. The molecule has 0 aromatic heterocycles. The van der Waals surface area contributed by atoms with Gasteiger partial charge in [0.1, 0.15) is 0 Å². The minimum Gasteiger partial charge on any atom is -0.310 e. The van der Waals surface area contributed by atoms with Gasteiger partial charge in [-0.1, -0.05) is 196 Å². The van der Waals surface area contributed by atoms with E-state index in [9.17, 15) is 0 Å². The predicted molar refractivity (Wildman–Crippen MR) is 273 cm³/mol.